The minimum atomic E-state index is 0.309. The summed E-state index contributed by atoms with van der Waals surface area (Å²) in [5.74, 6) is 0. The fraction of sp³-hybridized carbons (Fsp3) is 0.250. The Hall–Kier alpha value is -0.561. The summed E-state index contributed by atoms with van der Waals surface area (Å²) in [5, 5.41) is 0. The molecule has 0 aliphatic rings. The van der Waals surface area contributed by atoms with E-state index in [1.54, 1.807) is 0 Å². The predicted octanol–water partition coefficient (Wildman–Crippen LogP) is 2.82. The van der Waals surface area contributed by atoms with E-state index in [4.69, 9.17) is 4.74 Å². The van der Waals surface area contributed by atoms with Gasteiger partial charge in [0.2, 0.25) is 0 Å². The first-order chi connectivity index (χ1) is 9.27. The second-order valence-corrected chi connectivity index (χ2v) is 6.72. The molecular weight excluding hydrogens is 366 g/mol. The van der Waals surface area contributed by atoms with Crippen LogP contribution in [0, 0.1) is 0 Å². The molecule has 0 aromatic heterocycles. The Morgan fingerprint density at radius 2 is 1.05 bits per heavy atom. The molecule has 2 aromatic carbocycles. The van der Waals surface area contributed by atoms with Gasteiger partial charge in [-0.2, -0.15) is 0 Å². The molecule has 19 heavy (non-hydrogen) atoms. The van der Waals surface area contributed by atoms with Gasteiger partial charge in [-0.25, -0.2) is 0 Å². The van der Waals surface area contributed by atoms with Crippen LogP contribution in [0.25, 0.3) is 0 Å². The van der Waals surface area contributed by atoms with Crippen molar-refractivity contribution in [3.05, 3.63) is 71.8 Å². The maximum absolute atomic E-state index is 5.80. The number of rotatable bonds is 6. The molecule has 0 N–H and O–H groups in total. The van der Waals surface area contributed by atoms with E-state index in [0.29, 0.717) is 22.8 Å². The molecule has 2 atom stereocenters. The van der Waals surface area contributed by atoms with Gasteiger partial charge in [0, 0.05) is 0 Å². The summed E-state index contributed by atoms with van der Waals surface area (Å²) in [5.41, 5.74) is 2.55. The van der Waals surface area contributed by atoms with Gasteiger partial charge in [-0.3, -0.25) is 0 Å². The normalized spacial score (nSPS) is 14.0. The van der Waals surface area contributed by atoms with Gasteiger partial charge in [0.05, 0.1) is 0 Å². The van der Waals surface area contributed by atoms with Gasteiger partial charge in [-0.05, 0) is 0 Å². The van der Waals surface area contributed by atoms with Crippen LogP contribution in [0.5, 0.6) is 0 Å². The van der Waals surface area contributed by atoms with E-state index in [9.17, 15) is 0 Å². The van der Waals surface area contributed by atoms with Crippen LogP contribution < -0.4 is 0 Å². The molecule has 3 heteroatoms. The van der Waals surface area contributed by atoms with Crippen LogP contribution in [0.2, 0.25) is 0 Å². The molecule has 2 radical (unpaired) electrons. The number of ether oxygens (including phenoxy) is 1. The van der Waals surface area contributed by atoms with E-state index in [0.717, 1.165) is 0 Å². The molecule has 0 saturated heterocycles. The zero-order valence-corrected chi connectivity index (χ0v) is 14.0. The molecule has 0 heterocycles. The van der Waals surface area contributed by atoms with Crippen molar-refractivity contribution in [2.45, 2.75) is 9.63 Å². The fourth-order valence-electron chi connectivity index (χ4n) is 1.81. The van der Waals surface area contributed by atoms with Crippen molar-refractivity contribution in [3.8, 4) is 0 Å². The molecule has 0 fully saturated rings. The molecule has 1 nitrogen and oxygen atoms in total. The minimum absolute atomic E-state index is 0.309. The summed E-state index contributed by atoms with van der Waals surface area (Å²) < 4.78 is 5.80. The van der Waals surface area contributed by atoms with Crippen LogP contribution >= 0.6 is 0 Å². The fourth-order valence-corrected chi connectivity index (χ4v) is 2.87. The Labute approximate surface area is 131 Å². The summed E-state index contributed by atoms with van der Waals surface area (Å²) >= 11 is 6.34. The molecule has 0 amide bonds. The third-order valence-corrected chi connectivity index (χ3v) is 4.59. The summed E-state index contributed by atoms with van der Waals surface area (Å²) in [4.78, 5) is 0.619. The molecule has 0 aliphatic carbocycles. The summed E-state index contributed by atoms with van der Waals surface area (Å²) in [6, 6.07) is 20.8. The van der Waals surface area contributed by atoms with Crippen molar-refractivity contribution in [3.63, 3.8) is 0 Å². The van der Waals surface area contributed by atoms with Gasteiger partial charge >= 0.3 is 131 Å². The molecule has 98 valence electrons. The van der Waals surface area contributed by atoms with Crippen LogP contribution in [-0.2, 0) is 4.74 Å². The number of hydrogen-bond acceptors (Lipinski definition) is 1. The predicted molar refractivity (Wildman–Crippen MR) is 80.7 cm³/mol. The van der Waals surface area contributed by atoms with E-state index in [1.165, 1.54) is 11.1 Å². The Morgan fingerprint density at radius 3 is 1.42 bits per heavy atom. The van der Waals surface area contributed by atoms with Crippen molar-refractivity contribution in [1.82, 2.24) is 0 Å². The van der Waals surface area contributed by atoms with Gasteiger partial charge in [-0.15, -0.1) is 0 Å². The Morgan fingerprint density at radius 1 is 0.684 bits per heavy atom. The average Bonchev–Trinajstić information content (AvgIpc) is 2.49. The molecular formula is C16H16OSe2. The standard InChI is InChI=1S/C16H16OSe2/c18-15(13-7-3-1-4-8-13)11-17-12-16(19)14-9-5-2-6-10-14/h1-10,15-16H,11-12H2. The Kier molecular flexibility index (Phi) is 6.16. The molecule has 0 saturated carbocycles. The van der Waals surface area contributed by atoms with Gasteiger partial charge in [0.15, 0.2) is 0 Å². The van der Waals surface area contributed by atoms with Crippen LogP contribution in [-0.4, -0.2) is 45.2 Å². The van der Waals surface area contributed by atoms with Crippen molar-refractivity contribution in [2.75, 3.05) is 13.2 Å². The SMILES string of the molecule is [Se]C(COCC([Se])c1ccccc1)c1ccccc1. The first kappa shape index (κ1) is 14.8. The van der Waals surface area contributed by atoms with Crippen molar-refractivity contribution in [1.29, 1.82) is 0 Å². The first-order valence-corrected chi connectivity index (χ1v) is 8.24. The van der Waals surface area contributed by atoms with E-state index in [1.807, 2.05) is 12.1 Å². The second-order valence-electron chi connectivity index (χ2n) is 4.34. The summed E-state index contributed by atoms with van der Waals surface area (Å²) in [7, 11) is 0. The summed E-state index contributed by atoms with van der Waals surface area (Å²) in [6.07, 6.45) is 0. The maximum atomic E-state index is 5.80. The molecule has 2 aromatic rings. The molecule has 2 unspecified atom stereocenters. The van der Waals surface area contributed by atoms with E-state index in [2.05, 4.69) is 80.6 Å². The zero-order chi connectivity index (χ0) is 13.5. The average molecular weight is 382 g/mol. The third kappa shape index (κ3) is 4.80. The van der Waals surface area contributed by atoms with E-state index in [-0.39, 0.29) is 0 Å². The van der Waals surface area contributed by atoms with E-state index < -0.39 is 0 Å². The zero-order valence-electron chi connectivity index (χ0n) is 10.6. The summed E-state index contributed by atoms with van der Waals surface area (Å²) in [6.45, 7) is 1.41. The monoisotopic (exact) mass is 384 g/mol. The first-order valence-electron chi connectivity index (χ1n) is 6.26. The van der Waals surface area contributed by atoms with E-state index >= 15 is 0 Å². The second kappa shape index (κ2) is 7.89. The third-order valence-electron chi connectivity index (χ3n) is 2.88. The van der Waals surface area contributed by atoms with Crippen LogP contribution in [0.15, 0.2) is 60.7 Å². The van der Waals surface area contributed by atoms with Gasteiger partial charge in [-0.1, -0.05) is 0 Å². The van der Waals surface area contributed by atoms with Gasteiger partial charge in [0.1, 0.15) is 0 Å². The quantitative estimate of drug-likeness (QED) is 0.699. The van der Waals surface area contributed by atoms with Gasteiger partial charge < -0.3 is 0 Å². The van der Waals surface area contributed by atoms with Crippen molar-refractivity contribution < 1.29 is 4.74 Å². The molecule has 0 aliphatic heterocycles. The topological polar surface area (TPSA) is 9.23 Å². The van der Waals surface area contributed by atoms with Gasteiger partial charge in [0.25, 0.3) is 0 Å². The van der Waals surface area contributed by atoms with Crippen LogP contribution in [0.1, 0.15) is 20.8 Å². The Bertz CT molecular complexity index is 427. The number of benzene rings is 2. The van der Waals surface area contributed by atoms with Crippen molar-refractivity contribution in [2.24, 2.45) is 0 Å². The van der Waals surface area contributed by atoms with Crippen LogP contribution in [0.3, 0.4) is 0 Å². The molecule has 2 rings (SSSR count). The Balaban J connectivity index is 1.78. The molecule has 0 bridgehead atoms. The molecule has 0 spiro atoms. The van der Waals surface area contributed by atoms with Crippen molar-refractivity contribution >= 4 is 32.0 Å². The van der Waals surface area contributed by atoms with Crippen LogP contribution in [0.4, 0.5) is 0 Å². The number of hydrogen-bond donors (Lipinski definition) is 0.